The molecule has 0 aromatic heterocycles. The lowest BCUT2D eigenvalue weighted by Crippen LogP contribution is -2.35. The van der Waals surface area contributed by atoms with E-state index in [9.17, 15) is 9.59 Å². The van der Waals surface area contributed by atoms with Crippen LogP contribution in [0.3, 0.4) is 0 Å². The molecule has 0 saturated carbocycles. The molecule has 0 radical (unpaired) electrons. The summed E-state index contributed by atoms with van der Waals surface area (Å²) < 4.78 is 14.8. The summed E-state index contributed by atoms with van der Waals surface area (Å²) in [5.74, 6) is -2.30. The number of hydrogen-bond donors (Lipinski definition) is 0. The summed E-state index contributed by atoms with van der Waals surface area (Å²) in [4.78, 5) is 23.4. The molecule has 1 aromatic rings. The van der Waals surface area contributed by atoms with Gasteiger partial charge in [-0.2, -0.15) is 0 Å². The zero-order valence-corrected chi connectivity index (χ0v) is 11.6. The molecule has 0 spiro atoms. The normalized spacial score (nSPS) is 11.6. The first-order valence-electron chi connectivity index (χ1n) is 6.10. The van der Waals surface area contributed by atoms with Gasteiger partial charge >= 0.3 is 11.9 Å². The fraction of sp³-hybridized carbons (Fsp3) is 0.333. The SMILES string of the molecule is C=CC(COc1ccccc1)C(C(=O)OC)C(=O)OC. The number of hydrogen-bond acceptors (Lipinski definition) is 5. The highest BCUT2D eigenvalue weighted by Gasteiger charge is 2.35. The predicted octanol–water partition coefficient (Wildman–Crippen LogP) is 1.83. The van der Waals surface area contributed by atoms with Crippen LogP contribution < -0.4 is 4.74 Å². The van der Waals surface area contributed by atoms with Gasteiger partial charge in [0.05, 0.1) is 20.8 Å². The monoisotopic (exact) mass is 278 g/mol. The number of ether oxygens (including phenoxy) is 3. The first-order chi connectivity index (χ1) is 9.63. The summed E-state index contributed by atoms with van der Waals surface area (Å²) >= 11 is 0. The lowest BCUT2D eigenvalue weighted by molar-refractivity contribution is -0.161. The predicted molar refractivity (Wildman–Crippen MR) is 73.1 cm³/mol. The van der Waals surface area contributed by atoms with Crippen molar-refractivity contribution in [1.82, 2.24) is 0 Å². The number of benzene rings is 1. The molecule has 0 amide bonds. The minimum Gasteiger partial charge on any atom is -0.493 e. The Morgan fingerprint density at radius 2 is 1.70 bits per heavy atom. The minimum atomic E-state index is -1.08. The number of carbonyl (C=O) groups is 2. The summed E-state index contributed by atoms with van der Waals surface area (Å²) in [6, 6.07) is 9.09. The Bertz CT molecular complexity index is 439. The van der Waals surface area contributed by atoms with Crippen LogP contribution in [0.5, 0.6) is 5.75 Å². The molecule has 1 atom stereocenters. The van der Waals surface area contributed by atoms with Crippen LogP contribution in [0, 0.1) is 11.8 Å². The van der Waals surface area contributed by atoms with Crippen molar-refractivity contribution in [3.8, 4) is 5.75 Å². The third kappa shape index (κ3) is 4.12. The molecule has 1 aromatic carbocycles. The molecular formula is C15H18O5. The van der Waals surface area contributed by atoms with Crippen molar-refractivity contribution in [2.24, 2.45) is 11.8 Å². The standard InChI is InChI=1S/C15H18O5/c1-4-11(10-20-12-8-6-5-7-9-12)13(14(16)18-2)15(17)19-3/h4-9,11,13H,1,10H2,2-3H3. The lowest BCUT2D eigenvalue weighted by atomic mass is 9.93. The van der Waals surface area contributed by atoms with Crippen molar-refractivity contribution in [3.63, 3.8) is 0 Å². The van der Waals surface area contributed by atoms with E-state index in [2.05, 4.69) is 16.1 Å². The molecule has 1 unspecified atom stereocenters. The summed E-state index contributed by atoms with van der Waals surface area (Å²) in [5, 5.41) is 0. The molecule has 0 aliphatic carbocycles. The molecule has 5 nitrogen and oxygen atoms in total. The van der Waals surface area contributed by atoms with Crippen LogP contribution in [-0.4, -0.2) is 32.8 Å². The van der Waals surface area contributed by atoms with E-state index in [1.807, 2.05) is 18.2 Å². The maximum Gasteiger partial charge on any atom is 0.320 e. The largest absolute Gasteiger partial charge is 0.493 e. The fourth-order valence-electron chi connectivity index (χ4n) is 1.71. The quantitative estimate of drug-likeness (QED) is 0.432. The highest BCUT2D eigenvalue weighted by atomic mass is 16.5. The average molecular weight is 278 g/mol. The third-order valence-electron chi connectivity index (χ3n) is 2.83. The van der Waals surface area contributed by atoms with Crippen LogP contribution in [0.15, 0.2) is 43.0 Å². The first kappa shape index (κ1) is 15.8. The Labute approximate surface area is 118 Å². The van der Waals surface area contributed by atoms with Gasteiger partial charge in [-0.15, -0.1) is 6.58 Å². The second-order valence-electron chi connectivity index (χ2n) is 4.05. The topological polar surface area (TPSA) is 61.8 Å². The maximum atomic E-state index is 11.7. The minimum absolute atomic E-state index is 0.127. The first-order valence-corrected chi connectivity index (χ1v) is 6.10. The number of methoxy groups -OCH3 is 2. The maximum absolute atomic E-state index is 11.7. The summed E-state index contributed by atoms with van der Waals surface area (Å²) in [6.45, 7) is 3.76. The van der Waals surface area contributed by atoms with Gasteiger partial charge < -0.3 is 14.2 Å². The number of carbonyl (C=O) groups excluding carboxylic acids is 2. The second kappa shape index (κ2) is 7.99. The van der Waals surface area contributed by atoms with E-state index >= 15 is 0 Å². The van der Waals surface area contributed by atoms with E-state index in [0.29, 0.717) is 5.75 Å². The molecule has 0 heterocycles. The Morgan fingerprint density at radius 3 is 2.15 bits per heavy atom. The molecule has 5 heteroatoms. The Hall–Kier alpha value is -2.30. The van der Waals surface area contributed by atoms with Gasteiger partial charge in [0.25, 0.3) is 0 Å². The van der Waals surface area contributed by atoms with E-state index in [0.717, 1.165) is 0 Å². The van der Waals surface area contributed by atoms with Crippen LogP contribution in [-0.2, 0) is 19.1 Å². The number of esters is 2. The van der Waals surface area contributed by atoms with Crippen LogP contribution in [0.25, 0.3) is 0 Å². The zero-order chi connectivity index (χ0) is 15.0. The van der Waals surface area contributed by atoms with Crippen molar-refractivity contribution < 1.29 is 23.8 Å². The molecule has 0 N–H and O–H groups in total. The lowest BCUT2D eigenvalue weighted by Gasteiger charge is -2.20. The van der Waals surface area contributed by atoms with Gasteiger partial charge in [-0.1, -0.05) is 24.3 Å². The Kier molecular flexibility index (Phi) is 6.29. The van der Waals surface area contributed by atoms with Gasteiger partial charge in [-0.05, 0) is 12.1 Å². The van der Waals surface area contributed by atoms with Crippen LogP contribution >= 0.6 is 0 Å². The van der Waals surface area contributed by atoms with Gasteiger partial charge in [0.15, 0.2) is 5.92 Å². The number of rotatable bonds is 7. The van der Waals surface area contributed by atoms with Crippen LogP contribution in [0.2, 0.25) is 0 Å². The van der Waals surface area contributed by atoms with Gasteiger partial charge in [-0.25, -0.2) is 0 Å². The summed E-state index contributed by atoms with van der Waals surface area (Å²) in [5.41, 5.74) is 0. The molecule has 108 valence electrons. The van der Waals surface area contributed by atoms with Crippen LogP contribution in [0.1, 0.15) is 0 Å². The summed E-state index contributed by atoms with van der Waals surface area (Å²) in [6.07, 6.45) is 1.49. The van der Waals surface area contributed by atoms with Gasteiger partial charge in [0.2, 0.25) is 0 Å². The second-order valence-corrected chi connectivity index (χ2v) is 4.05. The summed E-state index contributed by atoms with van der Waals surface area (Å²) in [7, 11) is 2.44. The van der Waals surface area contributed by atoms with Crippen molar-refractivity contribution in [3.05, 3.63) is 43.0 Å². The van der Waals surface area contributed by atoms with Crippen molar-refractivity contribution in [2.45, 2.75) is 0 Å². The van der Waals surface area contributed by atoms with Gasteiger partial charge in [0.1, 0.15) is 5.75 Å². The Morgan fingerprint density at radius 1 is 1.15 bits per heavy atom. The van der Waals surface area contributed by atoms with Crippen molar-refractivity contribution in [1.29, 1.82) is 0 Å². The zero-order valence-electron chi connectivity index (χ0n) is 11.6. The van der Waals surface area contributed by atoms with E-state index in [1.165, 1.54) is 20.3 Å². The fourth-order valence-corrected chi connectivity index (χ4v) is 1.71. The highest BCUT2D eigenvalue weighted by molar-refractivity contribution is 5.95. The van der Waals surface area contributed by atoms with Crippen molar-refractivity contribution >= 4 is 11.9 Å². The highest BCUT2D eigenvalue weighted by Crippen LogP contribution is 2.19. The van der Waals surface area contributed by atoms with Crippen molar-refractivity contribution in [2.75, 3.05) is 20.8 Å². The molecule has 0 aliphatic heterocycles. The Balaban J connectivity index is 2.77. The van der Waals surface area contributed by atoms with Crippen LogP contribution in [0.4, 0.5) is 0 Å². The third-order valence-corrected chi connectivity index (χ3v) is 2.83. The van der Waals surface area contributed by atoms with E-state index < -0.39 is 23.8 Å². The smallest absolute Gasteiger partial charge is 0.320 e. The molecular weight excluding hydrogens is 260 g/mol. The molecule has 0 saturated heterocycles. The molecule has 0 aliphatic rings. The van der Waals surface area contributed by atoms with E-state index in [4.69, 9.17) is 4.74 Å². The van der Waals surface area contributed by atoms with E-state index in [1.54, 1.807) is 12.1 Å². The average Bonchev–Trinajstić information content (AvgIpc) is 2.51. The molecule has 1 rings (SSSR count). The molecule has 20 heavy (non-hydrogen) atoms. The number of para-hydroxylation sites is 1. The van der Waals surface area contributed by atoms with Gasteiger partial charge in [-0.3, -0.25) is 9.59 Å². The molecule has 0 bridgehead atoms. The molecule has 0 fully saturated rings. The van der Waals surface area contributed by atoms with E-state index in [-0.39, 0.29) is 6.61 Å². The van der Waals surface area contributed by atoms with Gasteiger partial charge in [0, 0.05) is 5.92 Å².